The van der Waals surface area contributed by atoms with E-state index in [4.69, 9.17) is 4.98 Å². The fourth-order valence-electron chi connectivity index (χ4n) is 4.32. The average molecular weight is 501 g/mol. The van der Waals surface area contributed by atoms with Gasteiger partial charge in [-0.2, -0.15) is 17.5 Å². The van der Waals surface area contributed by atoms with Gasteiger partial charge in [0, 0.05) is 26.2 Å². The highest BCUT2D eigenvalue weighted by atomic mass is 32.2. The highest BCUT2D eigenvalue weighted by molar-refractivity contribution is 7.89. The molecule has 0 spiro atoms. The second kappa shape index (κ2) is 9.01. The number of alkyl halides is 3. The lowest BCUT2D eigenvalue weighted by atomic mass is 10.2. The molecule has 0 unspecified atom stereocenters. The largest absolute Gasteiger partial charge is 0.416 e. The van der Waals surface area contributed by atoms with Crippen molar-refractivity contribution in [3.8, 4) is 0 Å². The van der Waals surface area contributed by atoms with Crippen LogP contribution >= 0.6 is 0 Å². The minimum atomic E-state index is -4.51. The van der Waals surface area contributed by atoms with Gasteiger partial charge in [-0.15, -0.1) is 0 Å². The first-order chi connectivity index (χ1) is 16.7. The molecule has 10 heteroatoms. The van der Waals surface area contributed by atoms with Crippen molar-refractivity contribution in [1.29, 1.82) is 0 Å². The summed E-state index contributed by atoms with van der Waals surface area (Å²) in [6.07, 6.45) is -4.51. The summed E-state index contributed by atoms with van der Waals surface area (Å²) in [6.45, 7) is 1.87. The number of hydrogen-bond acceptors (Lipinski definition) is 4. The van der Waals surface area contributed by atoms with E-state index >= 15 is 0 Å². The summed E-state index contributed by atoms with van der Waals surface area (Å²) in [7, 11) is -3.90. The molecule has 0 aliphatic carbocycles. The van der Waals surface area contributed by atoms with Crippen LogP contribution in [-0.4, -0.2) is 48.5 Å². The molecule has 0 N–H and O–H groups in total. The number of imidazole rings is 1. The molecule has 182 valence electrons. The monoisotopic (exact) mass is 500 g/mol. The normalized spacial score (nSPS) is 15.6. The van der Waals surface area contributed by atoms with Crippen molar-refractivity contribution in [2.24, 2.45) is 0 Å². The van der Waals surface area contributed by atoms with Gasteiger partial charge >= 0.3 is 6.18 Å². The van der Waals surface area contributed by atoms with Crippen LogP contribution in [0.4, 0.5) is 19.1 Å². The number of rotatable bonds is 5. The molecule has 2 heterocycles. The van der Waals surface area contributed by atoms with Gasteiger partial charge in [-0.25, -0.2) is 13.4 Å². The van der Waals surface area contributed by atoms with Gasteiger partial charge in [0.25, 0.3) is 0 Å². The van der Waals surface area contributed by atoms with Crippen molar-refractivity contribution in [3.05, 3.63) is 90.0 Å². The number of benzene rings is 3. The Morgan fingerprint density at radius 3 is 2.09 bits per heavy atom. The standard InChI is InChI=1S/C25H23F3N4O2S/c26-25(27,28)20-10-12-21(13-11-20)35(33,34)31-16-14-30(15-17-31)24-29-22-8-4-5-9-23(22)32(24)18-19-6-2-1-3-7-19/h1-13H,14-18H2. The Labute approximate surface area is 201 Å². The predicted molar refractivity (Wildman–Crippen MR) is 128 cm³/mol. The van der Waals surface area contributed by atoms with Crippen molar-refractivity contribution in [2.45, 2.75) is 17.6 Å². The van der Waals surface area contributed by atoms with Gasteiger partial charge in [0.1, 0.15) is 0 Å². The van der Waals surface area contributed by atoms with Crippen molar-refractivity contribution in [3.63, 3.8) is 0 Å². The fourth-order valence-corrected chi connectivity index (χ4v) is 5.74. The smallest absolute Gasteiger partial charge is 0.340 e. The van der Waals surface area contributed by atoms with Gasteiger partial charge < -0.3 is 9.47 Å². The summed E-state index contributed by atoms with van der Waals surface area (Å²) >= 11 is 0. The number of piperazine rings is 1. The summed E-state index contributed by atoms with van der Waals surface area (Å²) in [5.74, 6) is 0.765. The summed E-state index contributed by atoms with van der Waals surface area (Å²) in [4.78, 5) is 6.74. The molecule has 3 aromatic carbocycles. The highest BCUT2D eigenvalue weighted by Gasteiger charge is 2.33. The fraction of sp³-hybridized carbons (Fsp3) is 0.240. The van der Waals surface area contributed by atoms with E-state index < -0.39 is 21.8 Å². The second-order valence-electron chi connectivity index (χ2n) is 8.39. The molecule has 0 bridgehead atoms. The zero-order chi connectivity index (χ0) is 24.6. The van der Waals surface area contributed by atoms with E-state index in [-0.39, 0.29) is 18.0 Å². The van der Waals surface area contributed by atoms with Gasteiger partial charge in [-0.1, -0.05) is 42.5 Å². The molecule has 1 aliphatic rings. The Morgan fingerprint density at radius 2 is 1.43 bits per heavy atom. The lowest BCUT2D eigenvalue weighted by Gasteiger charge is -2.34. The van der Waals surface area contributed by atoms with Crippen LogP contribution in [-0.2, 0) is 22.7 Å². The number of nitrogens with zero attached hydrogens (tertiary/aromatic N) is 4. The molecular weight excluding hydrogens is 477 g/mol. The number of aromatic nitrogens is 2. The quantitative estimate of drug-likeness (QED) is 0.402. The zero-order valence-electron chi connectivity index (χ0n) is 18.7. The van der Waals surface area contributed by atoms with Crippen LogP contribution in [0.25, 0.3) is 11.0 Å². The molecular formula is C25H23F3N4O2S. The summed E-state index contributed by atoms with van der Waals surface area (Å²) in [6, 6.07) is 21.5. The number of sulfonamides is 1. The van der Waals surface area contributed by atoms with Crippen LogP contribution < -0.4 is 4.90 Å². The number of hydrogen-bond donors (Lipinski definition) is 0. The maximum Gasteiger partial charge on any atom is 0.416 e. The number of anilines is 1. The van der Waals surface area contributed by atoms with Crippen LogP contribution in [0.1, 0.15) is 11.1 Å². The molecule has 1 saturated heterocycles. The van der Waals surface area contributed by atoms with Crippen molar-refractivity contribution in [1.82, 2.24) is 13.9 Å². The van der Waals surface area contributed by atoms with Crippen molar-refractivity contribution < 1.29 is 21.6 Å². The van der Waals surface area contributed by atoms with Crippen LogP contribution in [0.15, 0.2) is 83.8 Å². The van der Waals surface area contributed by atoms with Gasteiger partial charge in [-0.3, -0.25) is 0 Å². The molecule has 0 radical (unpaired) electrons. The van der Waals surface area contributed by atoms with E-state index in [2.05, 4.69) is 9.47 Å². The average Bonchev–Trinajstić information content (AvgIpc) is 3.22. The molecule has 35 heavy (non-hydrogen) atoms. The summed E-state index contributed by atoms with van der Waals surface area (Å²) < 4.78 is 68.1. The minimum absolute atomic E-state index is 0.143. The topological polar surface area (TPSA) is 58.4 Å². The molecule has 1 fully saturated rings. The summed E-state index contributed by atoms with van der Waals surface area (Å²) in [5, 5.41) is 0. The number of fused-ring (bicyclic) bond motifs is 1. The highest BCUT2D eigenvalue weighted by Crippen LogP contribution is 2.31. The number of halogens is 3. The van der Waals surface area contributed by atoms with Gasteiger partial charge in [-0.05, 0) is 42.0 Å². The molecule has 4 aromatic rings. The van der Waals surface area contributed by atoms with E-state index in [9.17, 15) is 21.6 Å². The molecule has 6 nitrogen and oxygen atoms in total. The maximum absolute atomic E-state index is 13.0. The molecule has 1 aromatic heterocycles. The Bertz CT molecular complexity index is 1430. The van der Waals surface area contributed by atoms with E-state index in [1.54, 1.807) is 0 Å². The van der Waals surface area contributed by atoms with Crippen LogP contribution in [0, 0.1) is 0 Å². The third-order valence-electron chi connectivity index (χ3n) is 6.16. The van der Waals surface area contributed by atoms with E-state index in [1.165, 1.54) is 4.31 Å². The molecule has 0 amide bonds. The predicted octanol–water partition coefficient (Wildman–Crippen LogP) is 4.61. The Balaban J connectivity index is 1.37. The lowest BCUT2D eigenvalue weighted by Crippen LogP contribution is -2.49. The van der Waals surface area contributed by atoms with Gasteiger partial charge in [0.05, 0.1) is 28.0 Å². The Morgan fingerprint density at radius 1 is 0.800 bits per heavy atom. The Kier molecular flexibility index (Phi) is 6.02. The van der Waals surface area contributed by atoms with Crippen LogP contribution in [0.3, 0.4) is 0 Å². The third kappa shape index (κ3) is 4.63. The summed E-state index contributed by atoms with van der Waals surface area (Å²) in [5.41, 5.74) is 2.10. The number of para-hydroxylation sites is 2. The molecule has 5 rings (SSSR count). The van der Waals surface area contributed by atoms with Crippen molar-refractivity contribution >= 4 is 27.0 Å². The molecule has 0 saturated carbocycles. The molecule has 1 aliphatic heterocycles. The van der Waals surface area contributed by atoms with Gasteiger partial charge in [0.2, 0.25) is 16.0 Å². The zero-order valence-corrected chi connectivity index (χ0v) is 19.5. The first-order valence-corrected chi connectivity index (χ1v) is 12.6. The van der Waals surface area contributed by atoms with Crippen molar-refractivity contribution in [2.75, 3.05) is 31.1 Å². The first kappa shape index (κ1) is 23.4. The first-order valence-electron chi connectivity index (χ1n) is 11.1. The minimum Gasteiger partial charge on any atom is -0.340 e. The van der Waals surface area contributed by atoms with E-state index in [1.807, 2.05) is 54.6 Å². The van der Waals surface area contributed by atoms with Gasteiger partial charge in [0.15, 0.2) is 0 Å². The van der Waals surface area contributed by atoms with Crippen LogP contribution in [0.2, 0.25) is 0 Å². The lowest BCUT2D eigenvalue weighted by molar-refractivity contribution is -0.137. The molecule has 0 atom stereocenters. The van der Waals surface area contributed by atoms with Crippen LogP contribution in [0.5, 0.6) is 0 Å². The second-order valence-corrected chi connectivity index (χ2v) is 10.3. The maximum atomic E-state index is 13.0. The van der Waals surface area contributed by atoms with E-state index in [0.29, 0.717) is 19.6 Å². The SMILES string of the molecule is O=S(=O)(c1ccc(C(F)(F)F)cc1)N1CCN(c2nc3ccccc3n2Cc2ccccc2)CC1. The third-order valence-corrected chi connectivity index (χ3v) is 8.07. The van der Waals surface area contributed by atoms with E-state index in [0.717, 1.165) is 46.8 Å². The Hall–Kier alpha value is -3.37.